The van der Waals surface area contributed by atoms with Gasteiger partial charge in [-0.3, -0.25) is 14.3 Å². The minimum atomic E-state index is -0.460. The summed E-state index contributed by atoms with van der Waals surface area (Å²) in [6.45, 7) is 4.34. The average Bonchev–Trinajstić information content (AvgIpc) is 3.01. The number of benzene rings is 2. The highest BCUT2D eigenvalue weighted by molar-refractivity contribution is 6.31. The van der Waals surface area contributed by atoms with Gasteiger partial charge in [-0.15, -0.1) is 0 Å². The maximum atomic E-state index is 12.6. The molecule has 3 aromatic rings. The molecule has 1 aliphatic heterocycles. The molecule has 6 nitrogen and oxygen atoms in total. The number of aryl methyl sites for hydroxylation is 1. The molecule has 0 saturated carbocycles. The van der Waals surface area contributed by atoms with Gasteiger partial charge in [0.15, 0.2) is 5.58 Å². The van der Waals surface area contributed by atoms with Crippen LogP contribution in [0.2, 0.25) is 5.02 Å². The van der Waals surface area contributed by atoms with Gasteiger partial charge in [0.1, 0.15) is 0 Å². The van der Waals surface area contributed by atoms with Crippen LogP contribution in [0.4, 0.5) is 0 Å². The maximum absolute atomic E-state index is 12.6. The van der Waals surface area contributed by atoms with E-state index in [1.54, 1.807) is 18.2 Å². The van der Waals surface area contributed by atoms with Gasteiger partial charge < -0.3 is 9.32 Å². The van der Waals surface area contributed by atoms with Crippen molar-refractivity contribution in [2.24, 2.45) is 0 Å². The van der Waals surface area contributed by atoms with Crippen LogP contribution in [0.5, 0.6) is 0 Å². The predicted octanol–water partition coefficient (Wildman–Crippen LogP) is 2.98. The van der Waals surface area contributed by atoms with E-state index in [9.17, 15) is 9.59 Å². The van der Waals surface area contributed by atoms with Gasteiger partial charge in [0.25, 0.3) is 0 Å². The van der Waals surface area contributed by atoms with Gasteiger partial charge in [-0.25, -0.2) is 4.79 Å². The van der Waals surface area contributed by atoms with Gasteiger partial charge in [-0.1, -0.05) is 41.9 Å². The number of oxazole rings is 1. The maximum Gasteiger partial charge on any atom is 0.419 e. The SMILES string of the molecule is O=C(CCn1c(=O)oc2cc(Cl)ccc21)N1CCN(Cc2ccccc2)CC1. The minimum absolute atomic E-state index is 0.0644. The Bertz CT molecular complexity index is 1020. The molecule has 0 N–H and O–H groups in total. The first kappa shape index (κ1) is 18.8. The predicted molar refractivity (Wildman–Crippen MR) is 108 cm³/mol. The highest BCUT2D eigenvalue weighted by atomic mass is 35.5. The summed E-state index contributed by atoms with van der Waals surface area (Å²) in [4.78, 5) is 28.9. The van der Waals surface area contributed by atoms with E-state index in [1.807, 2.05) is 23.1 Å². The van der Waals surface area contributed by atoms with Crippen LogP contribution in [0.1, 0.15) is 12.0 Å². The van der Waals surface area contributed by atoms with E-state index in [4.69, 9.17) is 16.0 Å². The van der Waals surface area contributed by atoms with E-state index >= 15 is 0 Å². The summed E-state index contributed by atoms with van der Waals surface area (Å²) in [6.07, 6.45) is 0.274. The molecule has 28 heavy (non-hydrogen) atoms. The number of amides is 1. The van der Waals surface area contributed by atoms with Crippen LogP contribution >= 0.6 is 11.6 Å². The van der Waals surface area contributed by atoms with Crippen LogP contribution in [0.3, 0.4) is 0 Å². The standard InChI is InChI=1S/C21H22ClN3O3/c22-17-6-7-18-19(14-17)28-21(27)25(18)9-8-20(26)24-12-10-23(11-13-24)15-16-4-2-1-3-5-16/h1-7,14H,8-13,15H2. The van der Waals surface area contributed by atoms with Crippen molar-refractivity contribution in [3.05, 3.63) is 69.7 Å². The molecule has 1 amide bonds. The second-order valence-corrected chi connectivity index (χ2v) is 7.46. The molecule has 0 radical (unpaired) electrons. The van der Waals surface area contributed by atoms with Crippen LogP contribution in [0, 0.1) is 0 Å². The van der Waals surface area contributed by atoms with Gasteiger partial charge in [-0.05, 0) is 17.7 Å². The molecule has 1 saturated heterocycles. The highest BCUT2D eigenvalue weighted by Crippen LogP contribution is 2.19. The Labute approximate surface area is 167 Å². The number of piperazine rings is 1. The number of halogens is 1. The van der Waals surface area contributed by atoms with E-state index in [-0.39, 0.29) is 12.3 Å². The second kappa shape index (κ2) is 8.20. The summed E-state index contributed by atoms with van der Waals surface area (Å²) in [7, 11) is 0. The normalized spacial score (nSPS) is 15.2. The van der Waals surface area contributed by atoms with Crippen LogP contribution < -0.4 is 5.76 Å². The van der Waals surface area contributed by atoms with E-state index in [0.717, 1.165) is 19.6 Å². The number of hydrogen-bond acceptors (Lipinski definition) is 4. The Morgan fingerprint density at radius 1 is 1.04 bits per heavy atom. The fourth-order valence-corrected chi connectivity index (χ4v) is 3.78. The summed E-state index contributed by atoms with van der Waals surface area (Å²) in [5.74, 6) is -0.396. The third-order valence-electron chi connectivity index (χ3n) is 5.15. The molecule has 0 bridgehead atoms. The third-order valence-corrected chi connectivity index (χ3v) is 5.39. The van der Waals surface area contributed by atoms with Crippen molar-refractivity contribution in [3.8, 4) is 0 Å². The summed E-state index contributed by atoms with van der Waals surface area (Å²) >= 11 is 5.94. The van der Waals surface area contributed by atoms with Gasteiger partial charge in [-0.2, -0.15) is 0 Å². The van der Waals surface area contributed by atoms with Crippen LogP contribution in [-0.4, -0.2) is 46.5 Å². The van der Waals surface area contributed by atoms with Crippen LogP contribution in [-0.2, 0) is 17.9 Å². The van der Waals surface area contributed by atoms with Gasteiger partial charge in [0.05, 0.1) is 5.52 Å². The number of carbonyl (C=O) groups excluding carboxylic acids is 1. The number of hydrogen-bond donors (Lipinski definition) is 0. The highest BCUT2D eigenvalue weighted by Gasteiger charge is 2.21. The lowest BCUT2D eigenvalue weighted by Gasteiger charge is -2.34. The molecule has 0 atom stereocenters. The molecular weight excluding hydrogens is 378 g/mol. The van der Waals surface area contributed by atoms with Crippen molar-refractivity contribution in [1.29, 1.82) is 0 Å². The zero-order chi connectivity index (χ0) is 19.5. The number of carbonyl (C=O) groups is 1. The Kier molecular flexibility index (Phi) is 5.50. The van der Waals surface area contributed by atoms with Crippen molar-refractivity contribution in [1.82, 2.24) is 14.4 Å². The van der Waals surface area contributed by atoms with Gasteiger partial charge in [0, 0.05) is 56.8 Å². The zero-order valence-electron chi connectivity index (χ0n) is 15.5. The Morgan fingerprint density at radius 3 is 2.54 bits per heavy atom. The number of nitrogens with zero attached hydrogens (tertiary/aromatic N) is 3. The summed E-state index contributed by atoms with van der Waals surface area (Å²) < 4.78 is 6.71. The molecule has 0 spiro atoms. The Hall–Kier alpha value is -2.57. The molecule has 2 heterocycles. The fourth-order valence-electron chi connectivity index (χ4n) is 3.61. The van der Waals surface area contributed by atoms with Crippen molar-refractivity contribution >= 4 is 28.6 Å². The molecule has 2 aromatic carbocycles. The summed E-state index contributed by atoms with van der Waals surface area (Å²) in [5, 5.41) is 0.512. The number of rotatable bonds is 5. The lowest BCUT2D eigenvalue weighted by atomic mass is 10.2. The molecule has 146 valence electrons. The van der Waals surface area contributed by atoms with Crippen molar-refractivity contribution in [2.45, 2.75) is 19.5 Å². The van der Waals surface area contributed by atoms with Crippen molar-refractivity contribution < 1.29 is 9.21 Å². The lowest BCUT2D eigenvalue weighted by molar-refractivity contribution is -0.133. The first-order valence-electron chi connectivity index (χ1n) is 9.43. The molecule has 0 unspecified atom stereocenters. The van der Waals surface area contributed by atoms with Crippen LogP contribution in [0.15, 0.2) is 57.7 Å². The molecule has 1 aromatic heterocycles. The zero-order valence-corrected chi connectivity index (χ0v) is 16.3. The lowest BCUT2D eigenvalue weighted by Crippen LogP contribution is -2.48. The minimum Gasteiger partial charge on any atom is -0.408 e. The van der Waals surface area contributed by atoms with E-state index in [2.05, 4.69) is 17.0 Å². The largest absolute Gasteiger partial charge is 0.419 e. The molecule has 7 heteroatoms. The smallest absolute Gasteiger partial charge is 0.408 e. The van der Waals surface area contributed by atoms with E-state index in [1.165, 1.54) is 10.1 Å². The van der Waals surface area contributed by atoms with Gasteiger partial charge in [0.2, 0.25) is 5.91 Å². The first-order valence-corrected chi connectivity index (χ1v) is 9.81. The summed E-state index contributed by atoms with van der Waals surface area (Å²) in [6, 6.07) is 15.4. The first-order chi connectivity index (χ1) is 13.6. The van der Waals surface area contributed by atoms with Crippen molar-refractivity contribution in [2.75, 3.05) is 26.2 Å². The van der Waals surface area contributed by atoms with E-state index < -0.39 is 5.76 Å². The average molecular weight is 400 g/mol. The molecule has 0 aliphatic carbocycles. The third kappa shape index (κ3) is 4.13. The van der Waals surface area contributed by atoms with Gasteiger partial charge >= 0.3 is 5.76 Å². The molecule has 1 fully saturated rings. The van der Waals surface area contributed by atoms with Crippen LogP contribution in [0.25, 0.3) is 11.1 Å². The Morgan fingerprint density at radius 2 is 1.79 bits per heavy atom. The topological polar surface area (TPSA) is 58.7 Å². The van der Waals surface area contributed by atoms with E-state index in [0.29, 0.717) is 35.8 Å². The molecular formula is C21H22ClN3O3. The quantitative estimate of drug-likeness (QED) is 0.661. The molecule has 1 aliphatic rings. The number of fused-ring (bicyclic) bond motifs is 1. The van der Waals surface area contributed by atoms with Crippen molar-refractivity contribution in [3.63, 3.8) is 0 Å². The fraction of sp³-hybridized carbons (Fsp3) is 0.333. The second-order valence-electron chi connectivity index (χ2n) is 7.02. The Balaban J connectivity index is 1.32. The number of aromatic nitrogens is 1. The summed E-state index contributed by atoms with van der Waals surface area (Å²) in [5.41, 5.74) is 2.39. The monoisotopic (exact) mass is 399 g/mol. The molecule has 4 rings (SSSR count).